The summed E-state index contributed by atoms with van der Waals surface area (Å²) >= 11 is 0. The molecule has 0 bridgehead atoms. The molecule has 23 heavy (non-hydrogen) atoms. The smallest absolute Gasteiger partial charge is 0.128 e. The first-order valence-corrected chi connectivity index (χ1v) is 11.1. The van der Waals surface area contributed by atoms with Crippen LogP contribution in [0.15, 0.2) is 91.0 Å². The molecule has 3 aromatic rings. The molecule has 0 unspecified atom stereocenters. The van der Waals surface area contributed by atoms with E-state index in [0.29, 0.717) is 6.16 Å². The maximum absolute atomic E-state index is 11.2. The van der Waals surface area contributed by atoms with Crippen LogP contribution in [0.25, 0.3) is 0 Å². The van der Waals surface area contributed by atoms with Crippen LogP contribution in [-0.4, -0.2) is 12.4 Å². The largest absolute Gasteiger partial charge is 0.303 e. The summed E-state index contributed by atoms with van der Waals surface area (Å²) in [4.78, 5) is 11.2. The Balaban J connectivity index is 2.38. The summed E-state index contributed by atoms with van der Waals surface area (Å²) in [7, 11) is 1.17. The third-order valence-electron chi connectivity index (χ3n) is 3.76. The zero-order valence-corrected chi connectivity index (χ0v) is 14.5. The third kappa shape index (κ3) is 3.22. The zero-order chi connectivity index (χ0) is 16.0. The van der Waals surface area contributed by atoms with Crippen LogP contribution in [0.5, 0.6) is 0 Å². The number of benzene rings is 3. The van der Waals surface area contributed by atoms with E-state index in [1.54, 1.807) is 0 Å². The Morgan fingerprint density at radius 3 is 1.30 bits per heavy atom. The van der Waals surface area contributed by atoms with Crippen LogP contribution in [0.2, 0.25) is 0 Å². The molecule has 1 nitrogen and oxygen atoms in total. The maximum atomic E-state index is 11.2. The molecule has 3 rings (SSSR count). The second-order valence-corrected chi connectivity index (χ2v) is 11.2. The summed E-state index contributed by atoms with van der Waals surface area (Å²) in [5, 5.41) is 3.96. The molecule has 0 fully saturated rings. The van der Waals surface area contributed by atoms with Gasteiger partial charge in [-0.3, -0.25) is 0 Å². The second-order valence-electron chi connectivity index (χ2n) is 5.13. The fourth-order valence-electron chi connectivity index (χ4n) is 2.78. The Morgan fingerprint density at radius 2 is 1.00 bits per heavy atom. The van der Waals surface area contributed by atoms with Crippen LogP contribution in [0.1, 0.15) is 0 Å². The molecule has 0 saturated heterocycles. The van der Waals surface area contributed by atoms with Gasteiger partial charge in [0.1, 0.15) is 6.29 Å². The monoisotopic (exact) mass is 336 g/mol. The highest BCUT2D eigenvalue weighted by Gasteiger charge is 2.24. The van der Waals surface area contributed by atoms with Gasteiger partial charge in [0, 0.05) is 6.16 Å². The molecule has 0 aromatic heterocycles. The lowest BCUT2D eigenvalue weighted by Crippen LogP contribution is -2.24. The van der Waals surface area contributed by atoms with Crippen LogP contribution >= 0.6 is 14.4 Å². The Kier molecular flexibility index (Phi) is 5.23. The third-order valence-corrected chi connectivity index (χ3v) is 11.5. The summed E-state index contributed by atoms with van der Waals surface area (Å²) in [6.07, 6.45) is 1.58. The molecule has 0 radical (unpaired) electrons. The molecule has 0 heterocycles. The molecule has 114 valence electrons. The second kappa shape index (κ2) is 7.55. The summed E-state index contributed by atoms with van der Waals surface area (Å²) in [5.41, 5.74) is 0. The Morgan fingerprint density at radius 1 is 0.652 bits per heavy atom. The van der Waals surface area contributed by atoms with E-state index in [9.17, 15) is 4.79 Å². The van der Waals surface area contributed by atoms with Gasteiger partial charge in [-0.15, -0.1) is 0 Å². The minimum absolute atomic E-state index is 0.548. The van der Waals surface area contributed by atoms with E-state index >= 15 is 0 Å². The number of aldehydes is 1. The summed E-state index contributed by atoms with van der Waals surface area (Å²) in [6, 6.07) is 31.9. The van der Waals surface area contributed by atoms with E-state index in [0.717, 1.165) is 6.29 Å². The quantitative estimate of drug-likeness (QED) is 0.508. The normalized spacial score (nSPS) is 11.3. The van der Waals surface area contributed by atoms with Crippen LogP contribution < -0.4 is 15.9 Å². The minimum atomic E-state index is -1.83. The number of carbonyl (C=O) groups excluding carboxylic acids is 1. The predicted molar refractivity (Wildman–Crippen MR) is 103 cm³/mol. The lowest BCUT2D eigenvalue weighted by atomic mass is 10.4. The van der Waals surface area contributed by atoms with Gasteiger partial charge >= 0.3 is 0 Å². The minimum Gasteiger partial charge on any atom is -0.303 e. The van der Waals surface area contributed by atoms with E-state index in [-0.39, 0.29) is 0 Å². The first-order chi connectivity index (χ1) is 11.4. The first kappa shape index (κ1) is 15.9. The zero-order valence-electron chi connectivity index (χ0n) is 12.7. The summed E-state index contributed by atoms with van der Waals surface area (Å²) in [6.45, 7) is -1.83. The van der Waals surface area contributed by atoms with Crippen molar-refractivity contribution >= 4 is 36.6 Å². The van der Waals surface area contributed by atoms with Gasteiger partial charge in [-0.2, -0.15) is 0 Å². The van der Waals surface area contributed by atoms with Crippen molar-refractivity contribution in [1.29, 1.82) is 0 Å². The van der Waals surface area contributed by atoms with Gasteiger partial charge in [-0.25, -0.2) is 0 Å². The van der Waals surface area contributed by atoms with Crippen molar-refractivity contribution in [3.63, 3.8) is 0 Å². The van der Waals surface area contributed by atoms with E-state index in [1.165, 1.54) is 23.8 Å². The van der Waals surface area contributed by atoms with Crippen molar-refractivity contribution in [1.82, 2.24) is 0 Å². The molecule has 0 N–H and O–H groups in total. The SMILES string of the molecule is O=CCP=P(c1ccccc1)(c1ccccc1)c1ccccc1. The van der Waals surface area contributed by atoms with E-state index in [4.69, 9.17) is 0 Å². The van der Waals surface area contributed by atoms with E-state index in [2.05, 4.69) is 72.8 Å². The lowest BCUT2D eigenvalue weighted by Gasteiger charge is -2.27. The summed E-state index contributed by atoms with van der Waals surface area (Å²) < 4.78 is 0. The van der Waals surface area contributed by atoms with Crippen molar-refractivity contribution in [3.8, 4) is 0 Å². The highest BCUT2D eigenvalue weighted by Crippen LogP contribution is 2.53. The molecule has 0 saturated carbocycles. The first-order valence-electron chi connectivity index (χ1n) is 7.56. The summed E-state index contributed by atoms with van der Waals surface area (Å²) in [5.74, 6) is 0. The molecular formula is C20H18OP2. The van der Waals surface area contributed by atoms with Gasteiger partial charge in [-0.1, -0.05) is 98.9 Å². The fourth-order valence-corrected chi connectivity index (χ4v) is 9.89. The Hall–Kier alpha value is -1.94. The van der Waals surface area contributed by atoms with Gasteiger partial charge < -0.3 is 4.79 Å². The fraction of sp³-hybridized carbons (Fsp3) is 0.0500. The highest BCUT2D eigenvalue weighted by atomic mass is 31.8. The average Bonchev–Trinajstić information content (AvgIpc) is 2.65. The molecule has 0 aliphatic rings. The van der Waals surface area contributed by atoms with Gasteiger partial charge in [-0.05, 0) is 22.5 Å². The molecular weight excluding hydrogens is 318 g/mol. The topological polar surface area (TPSA) is 17.1 Å². The molecule has 3 aromatic carbocycles. The maximum Gasteiger partial charge on any atom is 0.128 e. The van der Waals surface area contributed by atoms with Gasteiger partial charge in [0.05, 0.1) is 0 Å². The Bertz CT molecular complexity index is 709. The average molecular weight is 336 g/mol. The number of rotatable bonds is 5. The molecule has 0 aliphatic carbocycles. The van der Waals surface area contributed by atoms with Gasteiger partial charge in [0.2, 0.25) is 0 Å². The molecule has 0 atom stereocenters. The van der Waals surface area contributed by atoms with Crippen LogP contribution in [0.4, 0.5) is 0 Å². The highest BCUT2D eigenvalue weighted by molar-refractivity contribution is 8.18. The number of carbonyl (C=O) groups is 1. The van der Waals surface area contributed by atoms with Crippen LogP contribution in [-0.2, 0) is 4.79 Å². The van der Waals surface area contributed by atoms with Gasteiger partial charge in [0.15, 0.2) is 0 Å². The van der Waals surface area contributed by atoms with Crippen molar-refractivity contribution in [2.75, 3.05) is 6.16 Å². The lowest BCUT2D eigenvalue weighted by molar-refractivity contribution is -0.105. The van der Waals surface area contributed by atoms with Crippen LogP contribution in [0.3, 0.4) is 0 Å². The van der Waals surface area contributed by atoms with Gasteiger partial charge in [0.25, 0.3) is 0 Å². The van der Waals surface area contributed by atoms with Crippen molar-refractivity contribution in [2.24, 2.45) is 0 Å². The van der Waals surface area contributed by atoms with E-state index in [1.807, 2.05) is 18.2 Å². The van der Waals surface area contributed by atoms with Crippen molar-refractivity contribution in [2.45, 2.75) is 0 Å². The number of hydrogen-bond donors (Lipinski definition) is 0. The molecule has 3 heteroatoms. The molecule has 0 spiro atoms. The molecule has 0 amide bonds. The van der Waals surface area contributed by atoms with Crippen LogP contribution in [0, 0.1) is 0 Å². The van der Waals surface area contributed by atoms with Crippen molar-refractivity contribution in [3.05, 3.63) is 91.0 Å². The predicted octanol–water partition coefficient (Wildman–Crippen LogP) is 4.04. The number of hydrogen-bond acceptors (Lipinski definition) is 1. The molecule has 0 aliphatic heterocycles. The van der Waals surface area contributed by atoms with Crippen molar-refractivity contribution < 1.29 is 4.79 Å². The Labute approximate surface area is 139 Å². The van der Waals surface area contributed by atoms with E-state index < -0.39 is 6.55 Å². The standard InChI is InChI=1S/C20H18OP2/c21-16-17-22-23(18-10-4-1-5-11-18,19-12-6-2-7-13-19)20-14-8-3-9-15-20/h1-16H,17H2.